The van der Waals surface area contributed by atoms with Crippen molar-refractivity contribution < 1.29 is 8.42 Å². The molecule has 0 N–H and O–H groups in total. The Morgan fingerprint density at radius 2 is 2.17 bits per heavy atom. The molecule has 1 aromatic heterocycles. The largest absolute Gasteiger partial charge is 0.252 e. The van der Waals surface area contributed by atoms with E-state index in [2.05, 4.69) is 15.9 Å². The smallest absolute Gasteiger partial charge is 0.206 e. The van der Waals surface area contributed by atoms with Crippen LogP contribution >= 0.6 is 27.3 Å². The number of aryl methyl sites for hydroxylation is 1. The Hall–Kier alpha value is 0.0900. The van der Waals surface area contributed by atoms with Gasteiger partial charge in [-0.3, -0.25) is 0 Å². The average Bonchev–Trinajstić information content (AvgIpc) is 2.65. The lowest BCUT2D eigenvalue weighted by molar-refractivity contribution is 0.348. The Morgan fingerprint density at radius 3 is 2.78 bits per heavy atom. The van der Waals surface area contributed by atoms with Gasteiger partial charge in [0.15, 0.2) is 0 Å². The zero-order chi connectivity index (χ0) is 13.2. The summed E-state index contributed by atoms with van der Waals surface area (Å²) in [5.74, 6) is 0. The van der Waals surface area contributed by atoms with Crippen molar-refractivity contribution in [2.75, 3.05) is 11.9 Å². The molecule has 2 heterocycles. The molecule has 0 amide bonds. The summed E-state index contributed by atoms with van der Waals surface area (Å²) in [5.41, 5.74) is 0. The second kappa shape index (κ2) is 6.03. The Bertz CT molecular complexity index is 498. The minimum absolute atomic E-state index is 0.0971. The van der Waals surface area contributed by atoms with Crippen molar-refractivity contribution >= 4 is 37.3 Å². The zero-order valence-corrected chi connectivity index (χ0v) is 13.7. The van der Waals surface area contributed by atoms with Gasteiger partial charge in [0.2, 0.25) is 0 Å². The zero-order valence-electron chi connectivity index (χ0n) is 10.4. The first-order valence-electron chi connectivity index (χ1n) is 6.20. The molecule has 1 atom stereocenters. The molecular formula is C12H18BrNO2S2. The highest BCUT2D eigenvalue weighted by Crippen LogP contribution is 2.29. The van der Waals surface area contributed by atoms with Crippen molar-refractivity contribution in [3.63, 3.8) is 0 Å². The molecule has 2 rings (SSSR count). The third-order valence-corrected chi connectivity index (χ3v) is 7.45. The molecule has 0 aliphatic carbocycles. The summed E-state index contributed by atoms with van der Waals surface area (Å²) in [6.45, 7) is 2.59. The maximum Gasteiger partial charge on any atom is 0.252 e. The summed E-state index contributed by atoms with van der Waals surface area (Å²) in [7, 11) is -3.30. The third kappa shape index (κ3) is 2.98. The number of thiophene rings is 1. The van der Waals surface area contributed by atoms with Crippen molar-refractivity contribution in [3.8, 4) is 0 Å². The molecular weight excluding hydrogens is 334 g/mol. The molecule has 0 bridgehead atoms. The lowest BCUT2D eigenvalue weighted by atomic mass is 10.1. The van der Waals surface area contributed by atoms with Gasteiger partial charge in [0, 0.05) is 22.8 Å². The fourth-order valence-corrected chi connectivity index (χ4v) is 6.26. The highest BCUT2D eigenvalue weighted by Gasteiger charge is 2.32. The number of alkyl halides is 1. The van der Waals surface area contributed by atoms with Gasteiger partial charge in [-0.05, 0) is 31.9 Å². The van der Waals surface area contributed by atoms with Gasteiger partial charge in [-0.1, -0.05) is 28.8 Å². The molecule has 0 aromatic carbocycles. The van der Waals surface area contributed by atoms with E-state index in [1.54, 1.807) is 10.4 Å². The van der Waals surface area contributed by atoms with Gasteiger partial charge < -0.3 is 0 Å². The maximum absolute atomic E-state index is 12.6. The van der Waals surface area contributed by atoms with Crippen LogP contribution in [0.2, 0.25) is 0 Å². The van der Waals surface area contributed by atoms with Crippen LogP contribution in [0.15, 0.2) is 16.3 Å². The number of rotatable bonds is 3. The van der Waals surface area contributed by atoms with E-state index in [0.29, 0.717) is 10.8 Å². The van der Waals surface area contributed by atoms with Gasteiger partial charge in [0.05, 0.1) is 0 Å². The van der Waals surface area contributed by atoms with Crippen LogP contribution in [-0.2, 0) is 10.0 Å². The first-order chi connectivity index (χ1) is 8.55. The van der Waals surface area contributed by atoms with Gasteiger partial charge >= 0.3 is 0 Å². The molecule has 18 heavy (non-hydrogen) atoms. The van der Waals surface area contributed by atoms with Crippen LogP contribution in [0.1, 0.15) is 30.6 Å². The summed E-state index contributed by atoms with van der Waals surface area (Å²) in [6.07, 6.45) is 4.16. The normalized spacial score (nSPS) is 22.9. The molecule has 1 fully saturated rings. The van der Waals surface area contributed by atoms with Crippen LogP contribution in [-0.4, -0.2) is 30.6 Å². The summed E-state index contributed by atoms with van der Waals surface area (Å²) in [5, 5.41) is 0.719. The standard InChI is InChI=1S/C12H18BrNO2S2/c1-10-6-7-12(17-10)18(15,16)14-8-4-2-3-5-11(14)9-13/h6-7,11H,2-5,8-9H2,1H3. The second-order valence-electron chi connectivity index (χ2n) is 4.64. The van der Waals surface area contributed by atoms with E-state index in [0.717, 1.165) is 35.9 Å². The fourth-order valence-electron chi connectivity index (χ4n) is 2.29. The quantitative estimate of drug-likeness (QED) is 0.782. The summed E-state index contributed by atoms with van der Waals surface area (Å²) < 4.78 is 27.5. The van der Waals surface area contributed by atoms with Crippen molar-refractivity contribution in [3.05, 3.63) is 17.0 Å². The lowest BCUT2D eigenvalue weighted by Crippen LogP contribution is -2.40. The van der Waals surface area contributed by atoms with Crippen LogP contribution in [0.25, 0.3) is 0 Å². The molecule has 1 aliphatic rings. The summed E-state index contributed by atoms with van der Waals surface area (Å²) in [6, 6.07) is 3.70. The van der Waals surface area contributed by atoms with E-state index in [-0.39, 0.29) is 6.04 Å². The molecule has 0 spiro atoms. The number of sulfonamides is 1. The highest BCUT2D eigenvalue weighted by atomic mass is 79.9. The molecule has 3 nitrogen and oxygen atoms in total. The van der Waals surface area contributed by atoms with Crippen LogP contribution in [0, 0.1) is 6.92 Å². The van der Waals surface area contributed by atoms with E-state index in [1.165, 1.54) is 11.3 Å². The first kappa shape index (κ1) is 14.5. The van der Waals surface area contributed by atoms with Crippen LogP contribution < -0.4 is 0 Å². The SMILES string of the molecule is Cc1ccc(S(=O)(=O)N2CCCCCC2CBr)s1. The predicted octanol–water partition coefficient (Wildman–Crippen LogP) is 3.38. The molecule has 102 valence electrons. The second-order valence-corrected chi connectivity index (χ2v) is 8.69. The van der Waals surface area contributed by atoms with Gasteiger partial charge in [0.25, 0.3) is 10.0 Å². The molecule has 1 saturated heterocycles. The molecule has 6 heteroatoms. The number of halogens is 1. The lowest BCUT2D eigenvalue weighted by Gasteiger charge is -2.27. The molecule has 1 unspecified atom stereocenters. The molecule has 0 saturated carbocycles. The topological polar surface area (TPSA) is 37.4 Å². The Kier molecular flexibility index (Phi) is 4.86. The fraction of sp³-hybridized carbons (Fsp3) is 0.667. The Morgan fingerprint density at radius 1 is 1.39 bits per heavy atom. The molecule has 1 aliphatic heterocycles. The van der Waals surface area contributed by atoms with Crippen molar-refractivity contribution in [2.45, 2.75) is 42.9 Å². The maximum atomic E-state index is 12.6. The van der Waals surface area contributed by atoms with Crippen molar-refractivity contribution in [2.24, 2.45) is 0 Å². The Balaban J connectivity index is 2.32. The number of hydrogen-bond donors (Lipinski definition) is 0. The summed E-state index contributed by atoms with van der Waals surface area (Å²) >= 11 is 4.82. The van der Waals surface area contributed by atoms with Gasteiger partial charge in [-0.25, -0.2) is 8.42 Å². The van der Waals surface area contributed by atoms with Gasteiger partial charge in [0.1, 0.15) is 4.21 Å². The number of nitrogens with zero attached hydrogens (tertiary/aromatic N) is 1. The van der Waals surface area contributed by atoms with Crippen LogP contribution in [0.4, 0.5) is 0 Å². The van der Waals surface area contributed by atoms with Crippen molar-refractivity contribution in [1.82, 2.24) is 4.31 Å². The first-order valence-corrected chi connectivity index (χ1v) is 9.58. The number of hydrogen-bond acceptors (Lipinski definition) is 3. The molecule has 0 radical (unpaired) electrons. The highest BCUT2D eigenvalue weighted by molar-refractivity contribution is 9.09. The Labute approximate surface area is 121 Å². The van der Waals surface area contributed by atoms with E-state index in [1.807, 2.05) is 13.0 Å². The minimum Gasteiger partial charge on any atom is -0.206 e. The molecule has 1 aromatic rings. The van der Waals surface area contributed by atoms with Crippen LogP contribution in [0.3, 0.4) is 0 Å². The predicted molar refractivity (Wildman–Crippen MR) is 79.0 cm³/mol. The monoisotopic (exact) mass is 351 g/mol. The van der Waals surface area contributed by atoms with E-state index >= 15 is 0 Å². The minimum atomic E-state index is -3.30. The van der Waals surface area contributed by atoms with E-state index in [9.17, 15) is 8.42 Å². The van der Waals surface area contributed by atoms with Crippen molar-refractivity contribution in [1.29, 1.82) is 0 Å². The van der Waals surface area contributed by atoms with Crippen LogP contribution in [0.5, 0.6) is 0 Å². The average molecular weight is 352 g/mol. The van der Waals surface area contributed by atoms with Gasteiger partial charge in [-0.2, -0.15) is 4.31 Å². The third-order valence-electron chi connectivity index (χ3n) is 3.28. The summed E-state index contributed by atoms with van der Waals surface area (Å²) in [4.78, 5) is 1.04. The van der Waals surface area contributed by atoms with E-state index < -0.39 is 10.0 Å². The van der Waals surface area contributed by atoms with Gasteiger partial charge in [-0.15, -0.1) is 11.3 Å². The van der Waals surface area contributed by atoms with E-state index in [4.69, 9.17) is 0 Å².